The fourth-order valence-electron chi connectivity index (χ4n) is 5.21. The van der Waals surface area contributed by atoms with Crippen LogP contribution in [0.1, 0.15) is 31.7 Å². The lowest BCUT2D eigenvalue weighted by Gasteiger charge is -2.09. The second-order valence-corrected chi connectivity index (χ2v) is 8.37. The van der Waals surface area contributed by atoms with E-state index >= 15 is 0 Å². The van der Waals surface area contributed by atoms with E-state index in [1.807, 2.05) is 0 Å². The molecular weight excluding hydrogens is 348 g/mol. The van der Waals surface area contributed by atoms with Crippen LogP contribution in [-0.2, 0) is 6.42 Å². The van der Waals surface area contributed by atoms with Gasteiger partial charge in [0, 0.05) is 0 Å². The van der Waals surface area contributed by atoms with Crippen molar-refractivity contribution in [2.75, 3.05) is 0 Å². The van der Waals surface area contributed by atoms with E-state index in [1.54, 1.807) is 0 Å². The van der Waals surface area contributed by atoms with Crippen LogP contribution in [0.25, 0.3) is 54.6 Å². The van der Waals surface area contributed by atoms with Crippen LogP contribution in [-0.4, -0.2) is 0 Å². The van der Waals surface area contributed by atoms with Gasteiger partial charge in [-0.25, -0.2) is 0 Å². The quantitative estimate of drug-likeness (QED) is 0.215. The molecule has 0 bridgehead atoms. The van der Waals surface area contributed by atoms with Crippen molar-refractivity contribution in [1.82, 2.24) is 0 Å². The van der Waals surface area contributed by atoms with Crippen molar-refractivity contribution in [3.05, 3.63) is 84.4 Å². The molecule has 0 radical (unpaired) electrons. The molecule has 0 N–H and O–H groups in total. The van der Waals surface area contributed by atoms with Crippen molar-refractivity contribution < 1.29 is 0 Å². The van der Waals surface area contributed by atoms with Gasteiger partial charge in [0.15, 0.2) is 0 Å². The van der Waals surface area contributed by atoms with Crippen LogP contribution < -0.4 is 0 Å². The number of benzene rings is 5. The summed E-state index contributed by atoms with van der Waals surface area (Å²) in [5.41, 5.74) is 7.12. The Morgan fingerprint density at radius 1 is 0.586 bits per heavy atom. The van der Waals surface area contributed by atoms with Gasteiger partial charge in [0.25, 0.3) is 0 Å². The zero-order chi connectivity index (χ0) is 19.4. The van der Waals surface area contributed by atoms with Gasteiger partial charge in [-0.2, -0.15) is 0 Å². The van der Waals surface area contributed by atoms with E-state index in [0.717, 1.165) is 0 Å². The summed E-state index contributed by atoms with van der Waals surface area (Å²) in [4.78, 5) is 0. The van der Waals surface area contributed by atoms with Crippen LogP contribution in [0.15, 0.2) is 78.9 Å². The molecule has 0 saturated heterocycles. The normalized spacial score (nSPS) is 12.2. The monoisotopic (exact) mass is 372 g/mol. The lowest BCUT2D eigenvalue weighted by atomic mass is 9.94. The molecule has 0 fully saturated rings. The molecule has 0 aliphatic heterocycles. The number of aryl methyl sites for hydroxylation is 1. The van der Waals surface area contributed by atoms with Gasteiger partial charge in [0.05, 0.1) is 0 Å². The van der Waals surface area contributed by atoms with Crippen LogP contribution in [0.4, 0.5) is 0 Å². The molecule has 140 valence electrons. The van der Waals surface area contributed by atoms with Crippen molar-refractivity contribution in [2.45, 2.75) is 32.6 Å². The maximum absolute atomic E-state index is 2.39. The number of hydrogen-bond donors (Lipinski definition) is 0. The van der Waals surface area contributed by atoms with Gasteiger partial charge in [0.1, 0.15) is 0 Å². The van der Waals surface area contributed by atoms with Crippen LogP contribution in [0.2, 0.25) is 0 Å². The Kier molecular flexibility index (Phi) is 3.74. The highest BCUT2D eigenvalue weighted by Gasteiger charge is 2.24. The maximum Gasteiger partial charge on any atom is -0.00199 e. The van der Waals surface area contributed by atoms with E-state index in [4.69, 9.17) is 0 Å². The Morgan fingerprint density at radius 2 is 1.41 bits per heavy atom. The predicted molar refractivity (Wildman–Crippen MR) is 127 cm³/mol. The summed E-state index contributed by atoms with van der Waals surface area (Å²) in [7, 11) is 0. The fourth-order valence-corrected chi connectivity index (χ4v) is 5.21. The zero-order valence-corrected chi connectivity index (χ0v) is 16.8. The van der Waals surface area contributed by atoms with Crippen LogP contribution >= 0.6 is 0 Å². The molecule has 5 aromatic carbocycles. The SMILES string of the molecule is CCCCCc1ccc2c3c(cccc13)-c1c-2ccc2cc3ccccc3cc12. The zero-order valence-electron chi connectivity index (χ0n) is 16.8. The van der Waals surface area contributed by atoms with Gasteiger partial charge in [0.2, 0.25) is 0 Å². The van der Waals surface area contributed by atoms with Crippen molar-refractivity contribution >= 4 is 32.3 Å². The van der Waals surface area contributed by atoms with Crippen LogP contribution in [0.3, 0.4) is 0 Å². The molecule has 0 spiro atoms. The van der Waals surface area contributed by atoms with Gasteiger partial charge < -0.3 is 0 Å². The van der Waals surface area contributed by atoms with Crippen molar-refractivity contribution in [2.24, 2.45) is 0 Å². The van der Waals surface area contributed by atoms with Crippen molar-refractivity contribution in [3.8, 4) is 22.3 Å². The first-order valence-corrected chi connectivity index (χ1v) is 10.9. The predicted octanol–water partition coefficient (Wildman–Crippen LogP) is 8.53. The average molecular weight is 373 g/mol. The maximum atomic E-state index is 2.39. The molecule has 0 amide bonds. The summed E-state index contributed by atoms with van der Waals surface area (Å²) in [6.07, 6.45) is 5.03. The summed E-state index contributed by atoms with van der Waals surface area (Å²) >= 11 is 0. The highest BCUT2D eigenvalue weighted by molar-refractivity contribution is 6.22. The molecule has 1 aliphatic carbocycles. The molecular formula is C29H24. The van der Waals surface area contributed by atoms with Gasteiger partial charge in [-0.1, -0.05) is 86.5 Å². The third-order valence-corrected chi connectivity index (χ3v) is 6.63. The van der Waals surface area contributed by atoms with E-state index in [2.05, 4.69) is 85.8 Å². The number of fused-ring (bicyclic) bond motifs is 6. The van der Waals surface area contributed by atoms with Gasteiger partial charge in [-0.15, -0.1) is 0 Å². The average Bonchev–Trinajstić information content (AvgIpc) is 3.10. The molecule has 0 unspecified atom stereocenters. The minimum Gasteiger partial charge on any atom is -0.0654 e. The molecule has 0 aromatic heterocycles. The van der Waals surface area contributed by atoms with E-state index in [9.17, 15) is 0 Å². The summed E-state index contributed by atoms with van der Waals surface area (Å²) in [5, 5.41) is 8.23. The smallest absolute Gasteiger partial charge is 0.00199 e. The second-order valence-electron chi connectivity index (χ2n) is 8.37. The first kappa shape index (κ1) is 16.8. The number of unbranched alkanes of at least 4 members (excludes halogenated alkanes) is 2. The Hall–Kier alpha value is -3.12. The minimum absolute atomic E-state index is 1.18. The molecule has 0 heteroatoms. The summed E-state index contributed by atoms with van der Waals surface area (Å²) in [6, 6.07) is 29.7. The third-order valence-electron chi connectivity index (χ3n) is 6.63. The topological polar surface area (TPSA) is 0 Å². The third kappa shape index (κ3) is 2.45. The number of hydrogen-bond acceptors (Lipinski definition) is 0. The first-order chi connectivity index (χ1) is 14.3. The first-order valence-electron chi connectivity index (χ1n) is 10.9. The summed E-state index contributed by atoms with van der Waals surface area (Å²) in [6.45, 7) is 2.28. The highest BCUT2D eigenvalue weighted by atomic mass is 14.3. The molecule has 5 aromatic rings. The summed E-state index contributed by atoms with van der Waals surface area (Å²) < 4.78 is 0. The van der Waals surface area contributed by atoms with E-state index in [-0.39, 0.29) is 0 Å². The van der Waals surface area contributed by atoms with Crippen LogP contribution in [0, 0.1) is 0 Å². The minimum atomic E-state index is 1.18. The Morgan fingerprint density at radius 3 is 2.28 bits per heavy atom. The second kappa shape index (κ2) is 6.46. The fraction of sp³-hybridized carbons (Fsp3) is 0.172. The standard InChI is InChI=1S/C29H24/c1-2-3-4-8-19-13-15-24-25-16-14-22-17-20-9-5-6-10-21(20)18-27(22)29(25)26-12-7-11-23(19)28(24)26/h5-7,9-18H,2-4,8H2,1H3. The van der Waals surface area contributed by atoms with Gasteiger partial charge >= 0.3 is 0 Å². The molecule has 0 saturated carbocycles. The van der Waals surface area contributed by atoms with E-state index in [1.165, 1.54) is 85.8 Å². The highest BCUT2D eigenvalue weighted by Crippen LogP contribution is 2.51. The largest absolute Gasteiger partial charge is 0.0654 e. The van der Waals surface area contributed by atoms with Crippen molar-refractivity contribution in [3.63, 3.8) is 0 Å². The summed E-state index contributed by atoms with van der Waals surface area (Å²) in [5.74, 6) is 0. The lowest BCUT2D eigenvalue weighted by Crippen LogP contribution is -1.88. The molecule has 0 heterocycles. The molecule has 0 nitrogen and oxygen atoms in total. The lowest BCUT2D eigenvalue weighted by molar-refractivity contribution is 0.720. The van der Waals surface area contributed by atoms with Gasteiger partial charge in [-0.05, 0) is 85.1 Å². The Bertz CT molecular complexity index is 1400. The van der Waals surface area contributed by atoms with E-state index in [0.29, 0.717) is 0 Å². The van der Waals surface area contributed by atoms with Crippen molar-refractivity contribution in [1.29, 1.82) is 0 Å². The molecule has 29 heavy (non-hydrogen) atoms. The van der Waals surface area contributed by atoms with E-state index < -0.39 is 0 Å². The molecule has 6 rings (SSSR count). The Labute approximate surface area is 171 Å². The molecule has 0 atom stereocenters. The Balaban J connectivity index is 1.64. The number of rotatable bonds is 4. The molecule has 1 aliphatic rings. The van der Waals surface area contributed by atoms with Crippen LogP contribution in [0.5, 0.6) is 0 Å². The van der Waals surface area contributed by atoms with Gasteiger partial charge in [-0.3, -0.25) is 0 Å².